The van der Waals surface area contributed by atoms with Crippen LogP contribution in [0.4, 0.5) is 0 Å². The zero-order valence-corrected chi connectivity index (χ0v) is 18.1. The van der Waals surface area contributed by atoms with Crippen molar-refractivity contribution < 1.29 is 18.1 Å². The summed E-state index contributed by atoms with van der Waals surface area (Å²) in [6, 6.07) is 0. The number of aliphatic hydroxyl groups is 1. The van der Waals surface area contributed by atoms with Gasteiger partial charge >= 0.3 is 0 Å². The van der Waals surface area contributed by atoms with Crippen molar-refractivity contribution in [3.63, 3.8) is 0 Å². The largest absolute Gasteiger partial charge is 0.393 e. The normalized spacial score (nSPS) is 14.5. The van der Waals surface area contributed by atoms with Crippen LogP contribution >= 0.6 is 0 Å². The molecule has 0 heterocycles. The van der Waals surface area contributed by atoms with Crippen molar-refractivity contribution in [1.82, 2.24) is 0 Å². The van der Waals surface area contributed by atoms with Gasteiger partial charge in [0.05, 0.1) is 11.4 Å². The van der Waals surface area contributed by atoms with E-state index in [0.717, 1.165) is 38.5 Å². The highest BCUT2D eigenvalue weighted by atomic mass is 32.2. The van der Waals surface area contributed by atoms with E-state index in [0.29, 0.717) is 12.8 Å². The van der Waals surface area contributed by atoms with Crippen LogP contribution in [0.2, 0.25) is 0 Å². The Morgan fingerprint density at radius 3 is 1.50 bits per heavy atom. The molecule has 0 saturated heterocycles. The van der Waals surface area contributed by atoms with Gasteiger partial charge in [-0.3, -0.25) is 4.55 Å². The van der Waals surface area contributed by atoms with E-state index in [-0.39, 0.29) is 6.10 Å². The van der Waals surface area contributed by atoms with E-state index >= 15 is 0 Å². The fraction of sp³-hybridized carbons (Fsp3) is 1.00. The van der Waals surface area contributed by atoms with Crippen LogP contribution in [0.3, 0.4) is 0 Å². The lowest BCUT2D eigenvalue weighted by Crippen LogP contribution is -2.20. The fourth-order valence-corrected chi connectivity index (χ4v) is 4.53. The molecule has 0 aliphatic carbocycles. The van der Waals surface area contributed by atoms with Gasteiger partial charge in [0.15, 0.2) is 0 Å². The van der Waals surface area contributed by atoms with Crippen molar-refractivity contribution >= 4 is 10.1 Å². The quantitative estimate of drug-likeness (QED) is 0.200. The van der Waals surface area contributed by atoms with Crippen LogP contribution in [-0.2, 0) is 10.1 Å². The zero-order chi connectivity index (χ0) is 19.7. The predicted molar refractivity (Wildman–Crippen MR) is 111 cm³/mol. The van der Waals surface area contributed by atoms with Crippen LogP contribution in [0.25, 0.3) is 0 Å². The van der Waals surface area contributed by atoms with Gasteiger partial charge in [-0.15, -0.1) is 0 Å². The molecule has 0 fully saturated rings. The van der Waals surface area contributed by atoms with Crippen molar-refractivity contribution in [2.75, 3.05) is 0 Å². The third-order valence-corrected chi connectivity index (χ3v) is 6.55. The Bertz CT molecular complexity index is 395. The molecule has 0 aromatic carbocycles. The maximum absolute atomic E-state index is 11.3. The minimum Gasteiger partial charge on any atom is -0.393 e. The number of hydrogen-bond donors (Lipinski definition) is 2. The monoisotopic (exact) mass is 392 g/mol. The molecule has 2 N–H and O–H groups in total. The van der Waals surface area contributed by atoms with Crippen LogP contribution in [-0.4, -0.2) is 29.4 Å². The molecular formula is C21H44O4S. The van der Waals surface area contributed by atoms with Crippen molar-refractivity contribution in [1.29, 1.82) is 0 Å². The standard InChI is InChI=1S/C21H44O4S/c1-3-5-6-7-8-9-10-11-12-13-17-20(22)18-14-15-19-21(16-4-2)26(23,24)25/h20-22H,3-19H2,1-2H3,(H,23,24,25). The summed E-state index contributed by atoms with van der Waals surface area (Å²) in [6.45, 7) is 4.17. The van der Waals surface area contributed by atoms with E-state index in [2.05, 4.69) is 6.92 Å². The molecule has 0 aromatic rings. The Balaban J connectivity index is 3.50. The van der Waals surface area contributed by atoms with Crippen molar-refractivity contribution in [2.45, 2.75) is 134 Å². The summed E-state index contributed by atoms with van der Waals surface area (Å²) >= 11 is 0. The van der Waals surface area contributed by atoms with Gasteiger partial charge in [0.1, 0.15) is 0 Å². The Kier molecular flexibility index (Phi) is 16.9. The van der Waals surface area contributed by atoms with E-state index < -0.39 is 15.4 Å². The first-order valence-corrected chi connectivity index (χ1v) is 12.6. The lowest BCUT2D eigenvalue weighted by molar-refractivity contribution is 0.147. The molecule has 26 heavy (non-hydrogen) atoms. The smallest absolute Gasteiger partial charge is 0.267 e. The van der Waals surface area contributed by atoms with Crippen molar-refractivity contribution in [3.8, 4) is 0 Å². The van der Waals surface area contributed by atoms with Gasteiger partial charge in [0.25, 0.3) is 10.1 Å². The van der Waals surface area contributed by atoms with E-state index in [4.69, 9.17) is 0 Å². The van der Waals surface area contributed by atoms with Gasteiger partial charge in [-0.1, -0.05) is 97.3 Å². The van der Waals surface area contributed by atoms with Crippen LogP contribution in [0, 0.1) is 0 Å². The van der Waals surface area contributed by atoms with Gasteiger partial charge in [-0.05, 0) is 25.7 Å². The first kappa shape index (κ1) is 25.9. The van der Waals surface area contributed by atoms with E-state index in [1.165, 1.54) is 57.8 Å². The molecule has 0 bridgehead atoms. The van der Waals surface area contributed by atoms with Gasteiger partial charge in [-0.25, -0.2) is 0 Å². The third kappa shape index (κ3) is 16.1. The highest BCUT2D eigenvalue weighted by Crippen LogP contribution is 2.18. The Morgan fingerprint density at radius 1 is 0.615 bits per heavy atom. The van der Waals surface area contributed by atoms with Crippen molar-refractivity contribution in [3.05, 3.63) is 0 Å². The summed E-state index contributed by atoms with van der Waals surface area (Å²) < 4.78 is 31.7. The van der Waals surface area contributed by atoms with Gasteiger partial charge in [-0.2, -0.15) is 8.42 Å². The van der Waals surface area contributed by atoms with Gasteiger partial charge < -0.3 is 5.11 Å². The Labute approximate surface area is 162 Å². The second-order valence-electron chi connectivity index (χ2n) is 7.83. The Morgan fingerprint density at radius 2 is 1.04 bits per heavy atom. The van der Waals surface area contributed by atoms with Gasteiger partial charge in [0.2, 0.25) is 0 Å². The molecule has 158 valence electrons. The molecule has 2 atom stereocenters. The summed E-state index contributed by atoms with van der Waals surface area (Å²) in [7, 11) is -3.92. The molecular weight excluding hydrogens is 348 g/mol. The average Bonchev–Trinajstić information content (AvgIpc) is 2.58. The summed E-state index contributed by atoms with van der Waals surface area (Å²) in [5.74, 6) is 0. The molecule has 4 nitrogen and oxygen atoms in total. The average molecular weight is 393 g/mol. The minimum atomic E-state index is -3.92. The molecule has 0 aliphatic rings. The summed E-state index contributed by atoms with van der Waals surface area (Å²) in [5, 5.41) is 9.40. The first-order chi connectivity index (χ1) is 12.4. The predicted octanol–water partition coefficient (Wildman–Crippen LogP) is 6.28. The molecule has 0 spiro atoms. The molecule has 0 radical (unpaired) electrons. The highest BCUT2D eigenvalue weighted by molar-refractivity contribution is 7.86. The number of rotatable bonds is 19. The lowest BCUT2D eigenvalue weighted by Gasteiger charge is -2.14. The molecule has 5 heteroatoms. The zero-order valence-electron chi connectivity index (χ0n) is 17.3. The SMILES string of the molecule is CCCCCCCCCCCCC(O)CCCCC(CCC)S(=O)(=O)O. The molecule has 0 aliphatic heterocycles. The second kappa shape index (κ2) is 17.0. The maximum atomic E-state index is 11.3. The van der Waals surface area contributed by atoms with E-state index in [1.807, 2.05) is 6.92 Å². The van der Waals surface area contributed by atoms with Gasteiger partial charge in [0, 0.05) is 0 Å². The first-order valence-electron chi connectivity index (χ1n) is 11.1. The van der Waals surface area contributed by atoms with Crippen LogP contribution in [0.1, 0.15) is 123 Å². The van der Waals surface area contributed by atoms with Crippen LogP contribution in [0.5, 0.6) is 0 Å². The minimum absolute atomic E-state index is 0.264. The molecule has 2 unspecified atom stereocenters. The number of unbranched alkanes of at least 4 members (excludes halogenated alkanes) is 10. The lowest BCUT2D eigenvalue weighted by atomic mass is 10.0. The number of hydrogen-bond acceptors (Lipinski definition) is 3. The second-order valence-corrected chi connectivity index (χ2v) is 9.53. The van der Waals surface area contributed by atoms with E-state index in [9.17, 15) is 18.1 Å². The number of aliphatic hydroxyl groups excluding tert-OH is 1. The van der Waals surface area contributed by atoms with E-state index in [1.54, 1.807) is 0 Å². The van der Waals surface area contributed by atoms with Crippen LogP contribution < -0.4 is 0 Å². The molecule has 0 saturated carbocycles. The molecule has 0 amide bonds. The third-order valence-electron chi connectivity index (χ3n) is 5.24. The highest BCUT2D eigenvalue weighted by Gasteiger charge is 2.21. The fourth-order valence-electron chi connectivity index (χ4n) is 3.53. The molecule has 0 aromatic heterocycles. The maximum Gasteiger partial charge on any atom is 0.267 e. The molecule has 0 rings (SSSR count). The Hall–Kier alpha value is -0.130. The topological polar surface area (TPSA) is 74.6 Å². The summed E-state index contributed by atoms with van der Waals surface area (Å²) in [5.41, 5.74) is 0. The van der Waals surface area contributed by atoms with Crippen molar-refractivity contribution in [2.24, 2.45) is 0 Å². The summed E-state index contributed by atoms with van der Waals surface area (Å²) in [4.78, 5) is 0. The summed E-state index contributed by atoms with van der Waals surface area (Å²) in [6.07, 6.45) is 17.7. The van der Waals surface area contributed by atoms with Crippen LogP contribution in [0.15, 0.2) is 0 Å².